The molecule has 5 nitrogen and oxygen atoms in total. The second-order valence-electron chi connectivity index (χ2n) is 5.59. The van der Waals surface area contributed by atoms with Crippen LogP contribution in [0.4, 0.5) is 0 Å². The van der Waals surface area contributed by atoms with E-state index >= 15 is 0 Å². The standard InChI is InChI=1S/C18H18BrN3O2S/c1-11(13-4-6-14(7-5-13)22-9-8-20-10-22)21-18(23)17-16(24-3)15(19)12(2)25-17/h4-11H,1-3H3,(H,21,23)/t11-/m1/s1. The van der Waals surface area contributed by atoms with E-state index in [0.29, 0.717) is 10.6 Å². The third kappa shape index (κ3) is 3.62. The van der Waals surface area contributed by atoms with Crippen LogP contribution in [0.15, 0.2) is 47.5 Å². The fourth-order valence-electron chi connectivity index (χ4n) is 2.53. The van der Waals surface area contributed by atoms with E-state index < -0.39 is 0 Å². The van der Waals surface area contributed by atoms with Gasteiger partial charge in [-0.15, -0.1) is 11.3 Å². The number of aryl methyl sites for hydroxylation is 1. The van der Waals surface area contributed by atoms with Gasteiger partial charge in [0.05, 0.1) is 24.0 Å². The van der Waals surface area contributed by atoms with Crippen LogP contribution >= 0.6 is 27.3 Å². The molecule has 25 heavy (non-hydrogen) atoms. The summed E-state index contributed by atoms with van der Waals surface area (Å²) in [7, 11) is 1.57. The summed E-state index contributed by atoms with van der Waals surface area (Å²) in [6.45, 7) is 3.92. The lowest BCUT2D eigenvalue weighted by Crippen LogP contribution is -2.26. The Morgan fingerprint density at radius 3 is 2.68 bits per heavy atom. The van der Waals surface area contributed by atoms with E-state index in [4.69, 9.17) is 4.74 Å². The molecule has 1 aromatic carbocycles. The number of thiophene rings is 1. The van der Waals surface area contributed by atoms with E-state index in [9.17, 15) is 4.79 Å². The van der Waals surface area contributed by atoms with E-state index in [1.807, 2.05) is 48.9 Å². The van der Waals surface area contributed by atoms with Gasteiger partial charge < -0.3 is 14.6 Å². The van der Waals surface area contributed by atoms with Gasteiger partial charge in [0.1, 0.15) is 4.88 Å². The van der Waals surface area contributed by atoms with E-state index in [1.54, 1.807) is 19.6 Å². The van der Waals surface area contributed by atoms with Crippen LogP contribution in [0.25, 0.3) is 5.69 Å². The molecule has 0 unspecified atom stereocenters. The Bertz CT molecular complexity index is 873. The second-order valence-corrected chi connectivity index (χ2v) is 7.61. The van der Waals surface area contributed by atoms with Crippen LogP contribution in [0.3, 0.4) is 0 Å². The minimum Gasteiger partial charge on any atom is -0.494 e. The minimum absolute atomic E-state index is 0.116. The lowest BCUT2D eigenvalue weighted by molar-refractivity contribution is 0.0941. The molecule has 0 saturated carbocycles. The van der Waals surface area contributed by atoms with Gasteiger partial charge in [0.2, 0.25) is 0 Å². The van der Waals surface area contributed by atoms with Crippen molar-refractivity contribution in [3.63, 3.8) is 0 Å². The Morgan fingerprint density at radius 1 is 1.36 bits per heavy atom. The Kier molecular flexibility index (Phi) is 5.24. The van der Waals surface area contributed by atoms with Crippen molar-refractivity contribution in [3.8, 4) is 11.4 Å². The van der Waals surface area contributed by atoms with Crippen LogP contribution in [0.2, 0.25) is 0 Å². The third-order valence-corrected chi connectivity index (χ3v) is 6.23. The van der Waals surface area contributed by atoms with Crippen LogP contribution in [0, 0.1) is 6.92 Å². The molecule has 1 amide bonds. The van der Waals surface area contributed by atoms with Gasteiger partial charge in [-0.05, 0) is 47.5 Å². The van der Waals surface area contributed by atoms with Gasteiger partial charge in [0.25, 0.3) is 5.91 Å². The fourth-order valence-corrected chi connectivity index (χ4v) is 4.18. The molecular weight excluding hydrogens is 402 g/mol. The maximum Gasteiger partial charge on any atom is 0.265 e. The fraction of sp³-hybridized carbons (Fsp3) is 0.222. The molecular formula is C18H18BrN3O2S. The number of methoxy groups -OCH3 is 1. The molecule has 0 spiro atoms. The molecule has 130 valence electrons. The zero-order valence-electron chi connectivity index (χ0n) is 14.1. The normalized spacial score (nSPS) is 12.0. The molecule has 1 N–H and O–H groups in total. The number of rotatable bonds is 5. The first-order valence-corrected chi connectivity index (χ1v) is 9.34. The lowest BCUT2D eigenvalue weighted by atomic mass is 10.1. The highest BCUT2D eigenvalue weighted by Crippen LogP contribution is 2.39. The summed E-state index contributed by atoms with van der Waals surface area (Å²) in [5.74, 6) is 0.449. The number of ether oxygens (including phenoxy) is 1. The predicted molar refractivity (Wildman–Crippen MR) is 103 cm³/mol. The quantitative estimate of drug-likeness (QED) is 0.661. The summed E-state index contributed by atoms with van der Waals surface area (Å²) in [5.41, 5.74) is 2.06. The molecule has 2 aromatic heterocycles. The molecule has 3 aromatic rings. The molecule has 0 saturated heterocycles. The largest absolute Gasteiger partial charge is 0.494 e. The monoisotopic (exact) mass is 419 g/mol. The van der Waals surface area contributed by atoms with Gasteiger partial charge >= 0.3 is 0 Å². The molecule has 0 aliphatic rings. The summed E-state index contributed by atoms with van der Waals surface area (Å²) in [5, 5.41) is 3.03. The van der Waals surface area contributed by atoms with Crippen molar-refractivity contribution in [1.82, 2.24) is 14.9 Å². The average Bonchev–Trinajstić information content (AvgIpc) is 3.24. The number of benzene rings is 1. The van der Waals surface area contributed by atoms with Crippen LogP contribution < -0.4 is 10.1 Å². The van der Waals surface area contributed by atoms with Gasteiger partial charge in [0.15, 0.2) is 5.75 Å². The molecule has 1 atom stereocenters. The Morgan fingerprint density at radius 2 is 2.08 bits per heavy atom. The van der Waals surface area contributed by atoms with E-state index in [-0.39, 0.29) is 11.9 Å². The number of halogens is 1. The van der Waals surface area contributed by atoms with Crippen molar-refractivity contribution in [2.75, 3.05) is 7.11 Å². The van der Waals surface area contributed by atoms with Crippen molar-refractivity contribution in [3.05, 3.63) is 62.8 Å². The number of imidazole rings is 1. The predicted octanol–water partition coefficient (Wildman–Crippen LogP) is 4.50. The summed E-state index contributed by atoms with van der Waals surface area (Å²) in [4.78, 5) is 18.3. The van der Waals surface area contributed by atoms with Gasteiger partial charge in [-0.25, -0.2) is 4.98 Å². The first-order valence-electron chi connectivity index (χ1n) is 7.73. The minimum atomic E-state index is -0.137. The zero-order chi connectivity index (χ0) is 18.0. The van der Waals surface area contributed by atoms with Crippen LogP contribution in [0.1, 0.15) is 33.1 Å². The maximum atomic E-state index is 12.6. The summed E-state index contributed by atoms with van der Waals surface area (Å²) >= 11 is 4.88. The van der Waals surface area contributed by atoms with Crippen molar-refractivity contribution in [1.29, 1.82) is 0 Å². The third-order valence-electron chi connectivity index (χ3n) is 3.92. The molecule has 0 bridgehead atoms. The van der Waals surface area contributed by atoms with Crippen molar-refractivity contribution in [2.45, 2.75) is 19.9 Å². The lowest BCUT2D eigenvalue weighted by Gasteiger charge is -2.15. The van der Waals surface area contributed by atoms with E-state index in [0.717, 1.165) is 20.6 Å². The van der Waals surface area contributed by atoms with Gasteiger partial charge in [0, 0.05) is 23.0 Å². The smallest absolute Gasteiger partial charge is 0.265 e. The summed E-state index contributed by atoms with van der Waals surface area (Å²) < 4.78 is 8.13. The van der Waals surface area contributed by atoms with Crippen LogP contribution in [-0.4, -0.2) is 22.6 Å². The first-order chi connectivity index (χ1) is 12.0. The number of aromatic nitrogens is 2. The van der Waals surface area contributed by atoms with Crippen LogP contribution in [0.5, 0.6) is 5.75 Å². The zero-order valence-corrected chi connectivity index (χ0v) is 16.5. The molecule has 0 aliphatic heterocycles. The number of carbonyl (C=O) groups is 1. The highest BCUT2D eigenvalue weighted by molar-refractivity contribution is 9.10. The molecule has 7 heteroatoms. The number of carbonyl (C=O) groups excluding carboxylic acids is 1. The Balaban J connectivity index is 1.75. The average molecular weight is 420 g/mol. The second kappa shape index (κ2) is 7.41. The molecule has 0 aliphatic carbocycles. The van der Waals surface area contributed by atoms with Crippen molar-refractivity contribution < 1.29 is 9.53 Å². The molecule has 2 heterocycles. The van der Waals surface area contributed by atoms with E-state index in [2.05, 4.69) is 26.2 Å². The van der Waals surface area contributed by atoms with E-state index in [1.165, 1.54) is 11.3 Å². The van der Waals surface area contributed by atoms with Crippen LogP contribution in [-0.2, 0) is 0 Å². The number of amides is 1. The maximum absolute atomic E-state index is 12.6. The first kappa shape index (κ1) is 17.7. The topological polar surface area (TPSA) is 56.1 Å². The number of hydrogen-bond donors (Lipinski definition) is 1. The highest BCUT2D eigenvalue weighted by Gasteiger charge is 2.22. The van der Waals surface area contributed by atoms with Crippen molar-refractivity contribution in [2.24, 2.45) is 0 Å². The number of nitrogens with one attached hydrogen (secondary N) is 1. The Labute approximate surface area is 158 Å². The highest BCUT2D eigenvalue weighted by atomic mass is 79.9. The van der Waals surface area contributed by atoms with Gasteiger partial charge in [-0.2, -0.15) is 0 Å². The van der Waals surface area contributed by atoms with Crippen molar-refractivity contribution >= 4 is 33.2 Å². The molecule has 0 radical (unpaired) electrons. The molecule has 3 rings (SSSR count). The molecule has 0 fully saturated rings. The Hall–Kier alpha value is -2.12. The van der Waals surface area contributed by atoms with Gasteiger partial charge in [-0.1, -0.05) is 12.1 Å². The SMILES string of the molecule is COc1c(C(=O)N[C@H](C)c2ccc(-n3ccnc3)cc2)sc(C)c1Br. The van der Waals surface area contributed by atoms with Gasteiger partial charge in [-0.3, -0.25) is 4.79 Å². The summed E-state index contributed by atoms with van der Waals surface area (Å²) in [6, 6.07) is 7.91. The number of nitrogens with zero attached hydrogens (tertiary/aromatic N) is 2. The number of hydrogen-bond acceptors (Lipinski definition) is 4. The summed E-state index contributed by atoms with van der Waals surface area (Å²) in [6.07, 6.45) is 5.39.